The lowest BCUT2D eigenvalue weighted by atomic mass is 10.1. The van der Waals surface area contributed by atoms with Gasteiger partial charge in [-0.1, -0.05) is 54.1 Å². The SMILES string of the molecule is Cc1ccc(C)c(/C=N\NC(=S)NCc2ccccc2)c1. The monoisotopic (exact) mass is 297 g/mol. The Kier molecular flexibility index (Phi) is 5.46. The molecule has 0 aliphatic carbocycles. The molecule has 0 saturated heterocycles. The lowest BCUT2D eigenvalue weighted by Crippen LogP contribution is -2.31. The number of nitrogens with one attached hydrogen (secondary N) is 2. The number of hydrogen-bond donors (Lipinski definition) is 2. The fraction of sp³-hybridized carbons (Fsp3) is 0.176. The fourth-order valence-electron chi connectivity index (χ4n) is 1.88. The minimum absolute atomic E-state index is 0.514. The van der Waals surface area contributed by atoms with Crippen LogP contribution in [0.5, 0.6) is 0 Å². The zero-order valence-corrected chi connectivity index (χ0v) is 13.1. The number of nitrogens with zero attached hydrogens (tertiary/aromatic N) is 1. The van der Waals surface area contributed by atoms with E-state index in [0.717, 1.165) is 5.56 Å². The first kappa shape index (κ1) is 15.2. The van der Waals surface area contributed by atoms with Crippen LogP contribution < -0.4 is 10.7 Å². The third-order valence-electron chi connectivity index (χ3n) is 3.10. The van der Waals surface area contributed by atoms with Crippen LogP contribution in [-0.2, 0) is 6.54 Å². The Labute approximate surface area is 131 Å². The first-order valence-corrected chi connectivity index (χ1v) is 7.24. The molecule has 0 fully saturated rings. The lowest BCUT2D eigenvalue weighted by molar-refractivity contribution is 0.869. The van der Waals surface area contributed by atoms with Crippen molar-refractivity contribution in [2.45, 2.75) is 20.4 Å². The Balaban J connectivity index is 1.83. The van der Waals surface area contributed by atoms with Crippen LogP contribution in [0.2, 0.25) is 0 Å². The predicted molar refractivity (Wildman–Crippen MR) is 92.5 cm³/mol. The number of benzene rings is 2. The van der Waals surface area contributed by atoms with E-state index in [9.17, 15) is 0 Å². The van der Waals surface area contributed by atoms with Gasteiger partial charge in [0.2, 0.25) is 0 Å². The number of aryl methyl sites for hydroxylation is 2. The highest BCUT2D eigenvalue weighted by Crippen LogP contribution is 2.07. The van der Waals surface area contributed by atoms with Gasteiger partial charge in [-0.05, 0) is 42.8 Å². The summed E-state index contributed by atoms with van der Waals surface area (Å²) in [6.45, 7) is 4.81. The highest BCUT2D eigenvalue weighted by atomic mass is 32.1. The van der Waals surface area contributed by atoms with Crippen LogP contribution in [0, 0.1) is 13.8 Å². The highest BCUT2D eigenvalue weighted by Gasteiger charge is 1.96. The van der Waals surface area contributed by atoms with Crippen molar-refractivity contribution in [2.24, 2.45) is 5.10 Å². The van der Waals surface area contributed by atoms with E-state index in [1.165, 1.54) is 16.7 Å². The quantitative estimate of drug-likeness (QED) is 0.516. The number of hydrogen-bond acceptors (Lipinski definition) is 2. The molecule has 4 heteroatoms. The standard InChI is InChI=1S/C17H19N3S/c1-13-8-9-14(2)16(10-13)12-19-20-17(21)18-11-15-6-4-3-5-7-15/h3-10,12H,11H2,1-2H3,(H2,18,20,21)/b19-12-. The van der Waals surface area contributed by atoms with Crippen LogP contribution >= 0.6 is 12.2 Å². The number of rotatable bonds is 4. The Morgan fingerprint density at radius 1 is 1.14 bits per heavy atom. The van der Waals surface area contributed by atoms with Gasteiger partial charge in [0.25, 0.3) is 0 Å². The molecule has 0 heterocycles. The molecule has 0 aromatic heterocycles. The van der Waals surface area contributed by atoms with E-state index in [1.54, 1.807) is 6.21 Å². The van der Waals surface area contributed by atoms with Gasteiger partial charge in [-0.2, -0.15) is 5.10 Å². The Morgan fingerprint density at radius 3 is 2.67 bits per heavy atom. The number of thiocarbonyl (C=S) groups is 1. The van der Waals surface area contributed by atoms with Gasteiger partial charge in [0, 0.05) is 6.54 Å². The van der Waals surface area contributed by atoms with E-state index in [1.807, 2.05) is 18.2 Å². The molecule has 2 aromatic carbocycles. The second kappa shape index (κ2) is 7.55. The summed E-state index contributed by atoms with van der Waals surface area (Å²) >= 11 is 5.19. The van der Waals surface area contributed by atoms with Crippen molar-refractivity contribution in [1.29, 1.82) is 0 Å². The Morgan fingerprint density at radius 2 is 1.90 bits per heavy atom. The van der Waals surface area contributed by atoms with Gasteiger partial charge in [-0.3, -0.25) is 5.43 Å². The molecule has 0 amide bonds. The molecule has 2 rings (SSSR count). The predicted octanol–water partition coefficient (Wildman–Crippen LogP) is 3.30. The molecule has 0 radical (unpaired) electrons. The highest BCUT2D eigenvalue weighted by molar-refractivity contribution is 7.80. The van der Waals surface area contributed by atoms with Crippen molar-refractivity contribution < 1.29 is 0 Å². The normalized spacial score (nSPS) is 10.6. The van der Waals surface area contributed by atoms with Gasteiger partial charge in [0.15, 0.2) is 5.11 Å². The van der Waals surface area contributed by atoms with Gasteiger partial charge in [-0.15, -0.1) is 0 Å². The molecule has 21 heavy (non-hydrogen) atoms. The minimum atomic E-state index is 0.514. The van der Waals surface area contributed by atoms with Crippen molar-refractivity contribution in [2.75, 3.05) is 0 Å². The summed E-state index contributed by atoms with van der Waals surface area (Å²) in [6.07, 6.45) is 1.79. The topological polar surface area (TPSA) is 36.4 Å². The molecule has 0 saturated carbocycles. The molecule has 2 N–H and O–H groups in total. The smallest absolute Gasteiger partial charge is 0.187 e. The van der Waals surface area contributed by atoms with Crippen LogP contribution in [0.4, 0.5) is 0 Å². The molecule has 2 aromatic rings. The van der Waals surface area contributed by atoms with Gasteiger partial charge in [0.05, 0.1) is 6.21 Å². The van der Waals surface area contributed by atoms with E-state index >= 15 is 0 Å². The summed E-state index contributed by atoms with van der Waals surface area (Å²) in [5, 5.41) is 7.81. The van der Waals surface area contributed by atoms with E-state index in [4.69, 9.17) is 12.2 Å². The number of hydrazone groups is 1. The van der Waals surface area contributed by atoms with Crippen LogP contribution in [0.1, 0.15) is 22.3 Å². The average Bonchev–Trinajstić information content (AvgIpc) is 2.50. The van der Waals surface area contributed by atoms with Crippen LogP contribution in [0.3, 0.4) is 0 Å². The van der Waals surface area contributed by atoms with Crippen molar-refractivity contribution in [3.8, 4) is 0 Å². The summed E-state index contributed by atoms with van der Waals surface area (Å²) in [5.74, 6) is 0. The van der Waals surface area contributed by atoms with Crippen molar-refractivity contribution in [3.05, 3.63) is 70.8 Å². The van der Waals surface area contributed by atoms with Gasteiger partial charge >= 0.3 is 0 Å². The molecule has 0 spiro atoms. The largest absolute Gasteiger partial charge is 0.357 e. The van der Waals surface area contributed by atoms with E-state index < -0.39 is 0 Å². The van der Waals surface area contributed by atoms with Crippen molar-refractivity contribution in [3.63, 3.8) is 0 Å². The maximum absolute atomic E-state index is 5.19. The maximum atomic E-state index is 5.19. The lowest BCUT2D eigenvalue weighted by Gasteiger charge is -2.07. The summed E-state index contributed by atoms with van der Waals surface area (Å²) < 4.78 is 0. The average molecular weight is 297 g/mol. The second-order valence-electron chi connectivity index (χ2n) is 4.90. The van der Waals surface area contributed by atoms with Crippen molar-refractivity contribution >= 4 is 23.5 Å². The summed E-state index contributed by atoms with van der Waals surface area (Å²) in [4.78, 5) is 0. The Bertz CT molecular complexity index is 636. The first-order valence-electron chi connectivity index (χ1n) is 6.83. The molecular formula is C17H19N3S. The molecule has 0 atom stereocenters. The van der Waals surface area contributed by atoms with Crippen LogP contribution in [0.25, 0.3) is 0 Å². The van der Waals surface area contributed by atoms with Crippen molar-refractivity contribution in [1.82, 2.24) is 10.7 Å². The van der Waals surface area contributed by atoms with Gasteiger partial charge < -0.3 is 5.32 Å². The summed E-state index contributed by atoms with van der Waals surface area (Å²) in [6, 6.07) is 16.4. The second-order valence-corrected chi connectivity index (χ2v) is 5.31. The molecule has 0 aliphatic rings. The summed E-state index contributed by atoms with van der Waals surface area (Å²) in [7, 11) is 0. The van der Waals surface area contributed by atoms with Crippen LogP contribution in [0.15, 0.2) is 53.6 Å². The molecule has 0 aliphatic heterocycles. The summed E-state index contributed by atoms with van der Waals surface area (Å²) in [5.41, 5.74) is 7.51. The molecule has 0 unspecified atom stereocenters. The molecule has 3 nitrogen and oxygen atoms in total. The van der Waals surface area contributed by atoms with E-state index in [2.05, 4.69) is 60.0 Å². The zero-order chi connectivity index (χ0) is 15.1. The van der Waals surface area contributed by atoms with Crippen LogP contribution in [-0.4, -0.2) is 11.3 Å². The molecular weight excluding hydrogens is 278 g/mol. The first-order chi connectivity index (χ1) is 10.1. The maximum Gasteiger partial charge on any atom is 0.187 e. The third-order valence-corrected chi connectivity index (χ3v) is 3.34. The van der Waals surface area contributed by atoms with Gasteiger partial charge in [0.1, 0.15) is 0 Å². The zero-order valence-electron chi connectivity index (χ0n) is 12.3. The fourth-order valence-corrected chi connectivity index (χ4v) is 2.00. The Hall–Kier alpha value is -2.20. The molecule has 108 valence electrons. The van der Waals surface area contributed by atoms with E-state index in [0.29, 0.717) is 11.7 Å². The third kappa shape index (κ3) is 5.00. The van der Waals surface area contributed by atoms with Gasteiger partial charge in [-0.25, -0.2) is 0 Å². The minimum Gasteiger partial charge on any atom is -0.357 e. The molecule has 0 bridgehead atoms. The van der Waals surface area contributed by atoms with E-state index in [-0.39, 0.29) is 0 Å².